The number of imidazole rings is 1. The number of aromatic nitrogens is 2. The lowest BCUT2D eigenvalue weighted by molar-refractivity contribution is 0.626. The first-order chi connectivity index (χ1) is 11.9. The molecule has 0 N–H and O–H groups in total. The lowest BCUT2D eigenvalue weighted by Crippen LogP contribution is -2.10. The molecule has 1 unspecified atom stereocenters. The van der Waals surface area contributed by atoms with Gasteiger partial charge in [-0.1, -0.05) is 81.5 Å². The predicted molar refractivity (Wildman–Crippen MR) is 107 cm³/mol. The molecule has 2 nitrogen and oxygen atoms in total. The van der Waals surface area contributed by atoms with Gasteiger partial charge in [0, 0.05) is 24.2 Å². The second kappa shape index (κ2) is 12.0. The van der Waals surface area contributed by atoms with E-state index in [-0.39, 0.29) is 0 Å². The van der Waals surface area contributed by atoms with Crippen molar-refractivity contribution in [2.24, 2.45) is 0 Å². The fraction of sp³-hybridized carbons (Fsp3) is 0.476. The van der Waals surface area contributed by atoms with E-state index in [0.717, 1.165) is 6.54 Å². The summed E-state index contributed by atoms with van der Waals surface area (Å²) in [5.74, 6) is 1.24. The molecule has 0 amide bonds. The summed E-state index contributed by atoms with van der Waals surface area (Å²) < 4.78 is 2.17. The van der Waals surface area contributed by atoms with E-state index in [1.54, 1.807) is 0 Å². The molecule has 0 aliphatic heterocycles. The highest BCUT2D eigenvalue weighted by atomic mass is 32.2. The molecule has 0 aliphatic carbocycles. The molecule has 0 spiro atoms. The van der Waals surface area contributed by atoms with Crippen LogP contribution in [0.1, 0.15) is 51.0 Å². The quantitative estimate of drug-likeness (QED) is 0.436. The molecule has 1 aromatic carbocycles. The highest BCUT2D eigenvalue weighted by Gasteiger charge is 2.06. The molecule has 1 atom stereocenters. The summed E-state index contributed by atoms with van der Waals surface area (Å²) in [6, 6.07) is 10.6. The predicted octanol–water partition coefficient (Wildman–Crippen LogP) is 6.06. The van der Waals surface area contributed by atoms with Gasteiger partial charge in [-0.25, -0.2) is 4.98 Å². The lowest BCUT2D eigenvalue weighted by Gasteiger charge is -2.13. The molecule has 1 heterocycles. The van der Waals surface area contributed by atoms with E-state index in [9.17, 15) is 0 Å². The standard InChI is InChI=1S/C21H30N2S/c1-2-3-4-5-6-10-17-24-21(18-23-16-15-22-19-23)14-13-20-11-8-7-9-12-20/h7-9,11-16,19,21H,2-6,10,17-18H2,1H3. The second-order valence-electron chi connectivity index (χ2n) is 6.21. The van der Waals surface area contributed by atoms with E-state index >= 15 is 0 Å². The van der Waals surface area contributed by atoms with Crippen LogP contribution in [0.15, 0.2) is 55.1 Å². The first-order valence-corrected chi connectivity index (χ1v) is 10.2. The minimum absolute atomic E-state index is 0.495. The fourth-order valence-corrected chi connectivity index (χ4v) is 3.81. The molecule has 0 aliphatic rings. The van der Waals surface area contributed by atoms with Gasteiger partial charge in [0.25, 0.3) is 0 Å². The molecule has 0 fully saturated rings. The SMILES string of the molecule is CCCCCCCCSC(C=Cc1ccccc1)Cn1ccnc1. The molecule has 0 saturated carbocycles. The summed E-state index contributed by atoms with van der Waals surface area (Å²) in [6.45, 7) is 3.26. The van der Waals surface area contributed by atoms with Gasteiger partial charge >= 0.3 is 0 Å². The van der Waals surface area contributed by atoms with Crippen LogP contribution in [-0.4, -0.2) is 20.6 Å². The highest BCUT2D eigenvalue weighted by Crippen LogP contribution is 2.19. The van der Waals surface area contributed by atoms with Crippen LogP contribution in [0.2, 0.25) is 0 Å². The molecular formula is C21H30N2S. The van der Waals surface area contributed by atoms with Gasteiger partial charge in [-0.05, 0) is 17.7 Å². The first kappa shape index (κ1) is 18.9. The van der Waals surface area contributed by atoms with Gasteiger partial charge < -0.3 is 4.57 Å². The summed E-state index contributed by atoms with van der Waals surface area (Å²) in [6.07, 6.45) is 18.6. The van der Waals surface area contributed by atoms with Crippen LogP contribution in [0.5, 0.6) is 0 Å². The molecule has 0 radical (unpaired) electrons. The second-order valence-corrected chi connectivity index (χ2v) is 7.55. The monoisotopic (exact) mass is 342 g/mol. The van der Waals surface area contributed by atoms with Crippen molar-refractivity contribution >= 4 is 17.8 Å². The third-order valence-corrected chi connectivity index (χ3v) is 5.34. The largest absolute Gasteiger partial charge is 0.336 e. The van der Waals surface area contributed by atoms with Crippen LogP contribution in [0.4, 0.5) is 0 Å². The van der Waals surface area contributed by atoms with Gasteiger partial charge in [0.2, 0.25) is 0 Å². The van der Waals surface area contributed by atoms with Gasteiger partial charge in [-0.15, -0.1) is 0 Å². The molecule has 0 bridgehead atoms. The van der Waals surface area contributed by atoms with Crippen molar-refractivity contribution in [2.75, 3.05) is 5.75 Å². The Morgan fingerprint density at radius 2 is 1.88 bits per heavy atom. The van der Waals surface area contributed by atoms with Crippen molar-refractivity contribution in [1.29, 1.82) is 0 Å². The van der Waals surface area contributed by atoms with Crippen LogP contribution < -0.4 is 0 Å². The van der Waals surface area contributed by atoms with Gasteiger partial charge in [0.15, 0.2) is 0 Å². The maximum atomic E-state index is 4.16. The Balaban J connectivity index is 1.78. The molecule has 2 rings (SSSR count). The minimum atomic E-state index is 0.495. The average Bonchev–Trinajstić information content (AvgIpc) is 3.12. The molecule has 1 aromatic heterocycles. The number of nitrogens with zero attached hydrogens (tertiary/aromatic N) is 2. The first-order valence-electron chi connectivity index (χ1n) is 9.19. The smallest absolute Gasteiger partial charge is 0.0946 e. The number of hydrogen-bond acceptors (Lipinski definition) is 2. The lowest BCUT2D eigenvalue weighted by atomic mass is 10.1. The van der Waals surface area contributed by atoms with Crippen molar-refractivity contribution in [3.05, 3.63) is 60.7 Å². The van der Waals surface area contributed by atoms with Crippen molar-refractivity contribution in [1.82, 2.24) is 9.55 Å². The Kier molecular flexibility index (Phi) is 9.40. The Morgan fingerprint density at radius 3 is 2.62 bits per heavy atom. The molecule has 0 saturated heterocycles. The van der Waals surface area contributed by atoms with Gasteiger partial charge in [-0.2, -0.15) is 11.8 Å². The minimum Gasteiger partial charge on any atom is -0.336 e. The van der Waals surface area contributed by atoms with E-state index in [1.807, 2.05) is 12.5 Å². The highest BCUT2D eigenvalue weighted by molar-refractivity contribution is 8.00. The number of benzene rings is 1. The third-order valence-electron chi connectivity index (χ3n) is 4.08. The summed E-state index contributed by atoms with van der Waals surface area (Å²) in [5.41, 5.74) is 1.27. The van der Waals surface area contributed by atoms with E-state index < -0.39 is 0 Å². The molecule has 2 aromatic rings. The summed E-state index contributed by atoms with van der Waals surface area (Å²) in [7, 11) is 0. The van der Waals surface area contributed by atoms with E-state index in [0.29, 0.717) is 5.25 Å². The van der Waals surface area contributed by atoms with Crippen molar-refractivity contribution in [3.63, 3.8) is 0 Å². The van der Waals surface area contributed by atoms with E-state index in [1.165, 1.54) is 49.8 Å². The topological polar surface area (TPSA) is 17.8 Å². The number of rotatable bonds is 12. The zero-order valence-corrected chi connectivity index (χ0v) is 15.6. The fourth-order valence-electron chi connectivity index (χ4n) is 2.67. The van der Waals surface area contributed by atoms with Gasteiger partial charge in [0.05, 0.1) is 6.33 Å². The van der Waals surface area contributed by atoms with Gasteiger partial charge in [0.1, 0.15) is 0 Å². The Labute approximate surface area is 151 Å². The normalized spacial score (nSPS) is 12.7. The number of hydrogen-bond donors (Lipinski definition) is 0. The summed E-state index contributed by atoms with van der Waals surface area (Å²) in [5, 5.41) is 0.495. The Morgan fingerprint density at radius 1 is 1.08 bits per heavy atom. The zero-order valence-electron chi connectivity index (χ0n) is 14.8. The summed E-state index contributed by atoms with van der Waals surface area (Å²) in [4.78, 5) is 4.16. The van der Waals surface area contributed by atoms with E-state index in [4.69, 9.17) is 0 Å². The molecule has 130 valence electrons. The molecule has 24 heavy (non-hydrogen) atoms. The number of unbranched alkanes of at least 4 members (excludes halogenated alkanes) is 5. The van der Waals surface area contributed by atoms with Crippen LogP contribution in [0, 0.1) is 0 Å². The summed E-state index contributed by atoms with van der Waals surface area (Å²) >= 11 is 2.07. The van der Waals surface area contributed by atoms with Crippen LogP contribution in [0.25, 0.3) is 6.08 Å². The number of thioether (sulfide) groups is 1. The maximum Gasteiger partial charge on any atom is 0.0946 e. The van der Waals surface area contributed by atoms with Crippen molar-refractivity contribution in [2.45, 2.75) is 57.2 Å². The van der Waals surface area contributed by atoms with Crippen LogP contribution in [0.3, 0.4) is 0 Å². The average molecular weight is 343 g/mol. The van der Waals surface area contributed by atoms with E-state index in [2.05, 4.69) is 76.9 Å². The Bertz CT molecular complexity index is 548. The molecular weight excluding hydrogens is 312 g/mol. The zero-order chi connectivity index (χ0) is 16.9. The van der Waals surface area contributed by atoms with Gasteiger partial charge in [-0.3, -0.25) is 0 Å². The maximum absolute atomic E-state index is 4.16. The van der Waals surface area contributed by atoms with Crippen LogP contribution in [-0.2, 0) is 6.54 Å². The Hall–Kier alpha value is -1.48. The van der Waals surface area contributed by atoms with Crippen LogP contribution >= 0.6 is 11.8 Å². The third kappa shape index (κ3) is 7.87. The van der Waals surface area contributed by atoms with Crippen molar-refractivity contribution in [3.8, 4) is 0 Å². The van der Waals surface area contributed by atoms with Crippen molar-refractivity contribution < 1.29 is 0 Å². The molecule has 3 heteroatoms.